The Hall–Kier alpha value is -1.10. The lowest BCUT2D eigenvalue weighted by molar-refractivity contribution is -0.143. The summed E-state index contributed by atoms with van der Waals surface area (Å²) in [5.74, 6) is -1.12. The molecule has 1 aliphatic heterocycles. The fraction of sp³-hybridized carbons (Fsp3) is 0.833. The van der Waals surface area contributed by atoms with Crippen molar-refractivity contribution < 1.29 is 14.7 Å². The predicted octanol–water partition coefficient (Wildman–Crippen LogP) is 0.888. The van der Waals surface area contributed by atoms with Crippen LogP contribution in [0.4, 0.5) is 0 Å². The van der Waals surface area contributed by atoms with Crippen LogP contribution in [0.1, 0.15) is 46.0 Å². The van der Waals surface area contributed by atoms with Gasteiger partial charge < -0.3 is 15.7 Å². The molecule has 0 aliphatic carbocycles. The van der Waals surface area contributed by atoms with E-state index in [-0.39, 0.29) is 5.91 Å². The van der Waals surface area contributed by atoms with Crippen LogP contribution in [-0.2, 0) is 9.59 Å². The summed E-state index contributed by atoms with van der Waals surface area (Å²) in [6.07, 6.45) is 3.66. The van der Waals surface area contributed by atoms with E-state index in [0.29, 0.717) is 12.8 Å². The Morgan fingerprint density at radius 2 is 2.18 bits per heavy atom. The summed E-state index contributed by atoms with van der Waals surface area (Å²) in [4.78, 5) is 23.1. The third-order valence-electron chi connectivity index (χ3n) is 3.46. The number of carbonyl (C=O) groups is 2. The van der Waals surface area contributed by atoms with Crippen molar-refractivity contribution in [3.05, 3.63) is 0 Å². The molecule has 0 bridgehead atoms. The van der Waals surface area contributed by atoms with E-state index in [1.807, 2.05) is 13.8 Å². The number of aliphatic carboxylic acids is 1. The Morgan fingerprint density at radius 3 is 2.59 bits per heavy atom. The minimum absolute atomic E-state index is 0.168. The number of amides is 1. The first-order valence-corrected chi connectivity index (χ1v) is 6.34. The summed E-state index contributed by atoms with van der Waals surface area (Å²) < 4.78 is 0. The molecule has 1 fully saturated rings. The van der Waals surface area contributed by atoms with Crippen molar-refractivity contribution in [2.45, 2.75) is 57.5 Å². The molecule has 0 radical (unpaired) electrons. The van der Waals surface area contributed by atoms with Crippen molar-refractivity contribution in [3.8, 4) is 0 Å². The molecule has 0 aromatic heterocycles. The second kappa shape index (κ2) is 6.00. The molecule has 2 unspecified atom stereocenters. The minimum atomic E-state index is -0.954. The largest absolute Gasteiger partial charge is 0.480 e. The smallest absolute Gasteiger partial charge is 0.326 e. The first-order chi connectivity index (χ1) is 8.05. The van der Waals surface area contributed by atoms with Gasteiger partial charge in [0.2, 0.25) is 5.91 Å². The molecule has 0 aromatic carbocycles. The summed E-state index contributed by atoms with van der Waals surface area (Å²) in [5.41, 5.74) is -0.554. The minimum Gasteiger partial charge on any atom is -0.480 e. The van der Waals surface area contributed by atoms with Crippen molar-refractivity contribution in [2.24, 2.45) is 0 Å². The summed E-state index contributed by atoms with van der Waals surface area (Å²) in [6.45, 7) is 4.69. The summed E-state index contributed by atoms with van der Waals surface area (Å²) in [7, 11) is 0. The second-order valence-electron chi connectivity index (χ2n) is 4.62. The van der Waals surface area contributed by atoms with Gasteiger partial charge in [-0.1, -0.05) is 20.3 Å². The molecule has 1 aliphatic rings. The maximum Gasteiger partial charge on any atom is 0.326 e. The quantitative estimate of drug-likeness (QED) is 0.646. The van der Waals surface area contributed by atoms with E-state index in [1.54, 1.807) is 0 Å². The van der Waals surface area contributed by atoms with E-state index in [9.17, 15) is 9.59 Å². The zero-order valence-electron chi connectivity index (χ0n) is 10.6. The molecule has 0 spiro atoms. The fourth-order valence-corrected chi connectivity index (χ4v) is 2.30. The molecule has 5 heteroatoms. The molecule has 1 heterocycles. The Labute approximate surface area is 102 Å². The van der Waals surface area contributed by atoms with Gasteiger partial charge in [0.05, 0.1) is 5.54 Å². The van der Waals surface area contributed by atoms with Gasteiger partial charge in [-0.05, 0) is 32.2 Å². The molecule has 1 saturated heterocycles. The first-order valence-electron chi connectivity index (χ1n) is 6.34. The van der Waals surface area contributed by atoms with E-state index in [4.69, 9.17) is 5.11 Å². The third-order valence-corrected chi connectivity index (χ3v) is 3.46. The maximum atomic E-state index is 12.2. The fourth-order valence-electron chi connectivity index (χ4n) is 2.30. The molecule has 0 aromatic rings. The number of hydrogen-bond donors (Lipinski definition) is 3. The molecule has 5 nitrogen and oxygen atoms in total. The Morgan fingerprint density at radius 1 is 1.47 bits per heavy atom. The predicted molar refractivity (Wildman–Crippen MR) is 64.7 cm³/mol. The summed E-state index contributed by atoms with van der Waals surface area (Å²) in [6, 6.07) is -0.765. The van der Waals surface area contributed by atoms with Crippen LogP contribution in [0.25, 0.3) is 0 Å². The van der Waals surface area contributed by atoms with Gasteiger partial charge in [0.1, 0.15) is 6.04 Å². The number of rotatable bonds is 6. The van der Waals surface area contributed by atoms with Crippen LogP contribution in [0, 0.1) is 0 Å². The van der Waals surface area contributed by atoms with Gasteiger partial charge in [-0.2, -0.15) is 0 Å². The molecular formula is C12H22N2O3. The second-order valence-corrected chi connectivity index (χ2v) is 4.62. The Bertz CT molecular complexity index is 285. The van der Waals surface area contributed by atoms with Crippen LogP contribution < -0.4 is 10.6 Å². The van der Waals surface area contributed by atoms with Crippen molar-refractivity contribution >= 4 is 11.9 Å². The molecule has 3 N–H and O–H groups in total. The SMILES string of the molecule is CCCC(NC(=O)C1(CC)CCCN1)C(=O)O. The number of nitrogens with one attached hydrogen (secondary N) is 2. The van der Waals surface area contributed by atoms with Gasteiger partial charge in [0, 0.05) is 0 Å². The van der Waals surface area contributed by atoms with Crippen LogP contribution in [-0.4, -0.2) is 35.1 Å². The maximum absolute atomic E-state index is 12.2. The van der Waals surface area contributed by atoms with Crippen molar-refractivity contribution in [1.82, 2.24) is 10.6 Å². The van der Waals surface area contributed by atoms with Crippen LogP contribution >= 0.6 is 0 Å². The van der Waals surface area contributed by atoms with Gasteiger partial charge in [-0.15, -0.1) is 0 Å². The average Bonchev–Trinajstić information content (AvgIpc) is 2.78. The number of carbonyl (C=O) groups excluding carboxylic acids is 1. The van der Waals surface area contributed by atoms with Gasteiger partial charge in [-0.3, -0.25) is 4.79 Å². The summed E-state index contributed by atoms with van der Waals surface area (Å²) in [5, 5.41) is 14.9. The van der Waals surface area contributed by atoms with E-state index in [2.05, 4.69) is 10.6 Å². The number of carboxylic acids is 1. The van der Waals surface area contributed by atoms with Gasteiger partial charge in [0.25, 0.3) is 0 Å². The van der Waals surface area contributed by atoms with Crippen molar-refractivity contribution in [2.75, 3.05) is 6.54 Å². The normalized spacial score (nSPS) is 25.5. The number of carboxylic acid groups (broad SMARTS) is 1. The lowest BCUT2D eigenvalue weighted by Crippen LogP contribution is -2.56. The van der Waals surface area contributed by atoms with Crippen LogP contribution in [0.2, 0.25) is 0 Å². The highest BCUT2D eigenvalue weighted by molar-refractivity contribution is 5.90. The van der Waals surface area contributed by atoms with E-state index in [0.717, 1.165) is 25.8 Å². The highest BCUT2D eigenvalue weighted by Gasteiger charge is 2.40. The highest BCUT2D eigenvalue weighted by atomic mass is 16.4. The Kier molecular flexibility index (Phi) is 4.93. The third kappa shape index (κ3) is 3.19. The van der Waals surface area contributed by atoms with Crippen LogP contribution in [0.15, 0.2) is 0 Å². The monoisotopic (exact) mass is 242 g/mol. The van der Waals surface area contributed by atoms with Gasteiger partial charge in [-0.25, -0.2) is 4.79 Å². The topological polar surface area (TPSA) is 78.4 Å². The first kappa shape index (κ1) is 14.0. The van der Waals surface area contributed by atoms with Crippen molar-refractivity contribution in [1.29, 1.82) is 0 Å². The average molecular weight is 242 g/mol. The van der Waals surface area contributed by atoms with Crippen LogP contribution in [0.5, 0.6) is 0 Å². The Balaban J connectivity index is 2.65. The van der Waals surface area contributed by atoms with Crippen LogP contribution in [0.3, 0.4) is 0 Å². The lowest BCUT2D eigenvalue weighted by Gasteiger charge is -2.28. The van der Waals surface area contributed by atoms with Gasteiger partial charge >= 0.3 is 5.97 Å². The highest BCUT2D eigenvalue weighted by Crippen LogP contribution is 2.23. The van der Waals surface area contributed by atoms with E-state index >= 15 is 0 Å². The lowest BCUT2D eigenvalue weighted by atomic mass is 9.92. The molecule has 98 valence electrons. The molecule has 17 heavy (non-hydrogen) atoms. The molecule has 0 saturated carbocycles. The van der Waals surface area contributed by atoms with Crippen molar-refractivity contribution in [3.63, 3.8) is 0 Å². The van der Waals surface area contributed by atoms with Gasteiger partial charge in [0.15, 0.2) is 0 Å². The summed E-state index contributed by atoms with van der Waals surface area (Å²) >= 11 is 0. The zero-order valence-corrected chi connectivity index (χ0v) is 10.6. The van der Waals surface area contributed by atoms with E-state index < -0.39 is 17.6 Å². The molecule has 2 atom stereocenters. The molecule has 1 rings (SSSR count). The molecular weight excluding hydrogens is 220 g/mol. The number of hydrogen-bond acceptors (Lipinski definition) is 3. The standard InChI is InChI=1S/C12H22N2O3/c1-3-6-9(10(15)16)14-11(17)12(4-2)7-5-8-13-12/h9,13H,3-8H2,1-2H3,(H,14,17)(H,15,16). The molecule has 1 amide bonds. The van der Waals surface area contributed by atoms with E-state index in [1.165, 1.54) is 0 Å². The zero-order chi connectivity index (χ0) is 12.9.